The lowest BCUT2D eigenvalue weighted by atomic mass is 10.2. The second-order valence-corrected chi connectivity index (χ2v) is 7.00. The quantitative estimate of drug-likeness (QED) is 0.733. The molecule has 1 fully saturated rings. The number of benzene rings is 1. The van der Waals surface area contributed by atoms with Crippen LogP contribution in [-0.4, -0.2) is 28.5 Å². The summed E-state index contributed by atoms with van der Waals surface area (Å²) in [5.41, 5.74) is 0.800. The second kappa shape index (κ2) is 8.86. The second-order valence-electron chi connectivity index (χ2n) is 6.60. The smallest absolute Gasteiger partial charge is 0.321 e. The standard InChI is InChI=1S/C20H22ClN3O3/c1-13(24-14(2)25)3-4-16-10-22-20(23-11-16)27-19-8-7-17(9-18(19)21)26-12-15-5-6-15/h3-4,7-11,13,15H,5-6,12H2,1-2H3,(H,24,25)/t13-/m0/s1. The van der Waals surface area contributed by atoms with Crippen LogP contribution in [0.1, 0.15) is 32.3 Å². The molecular weight excluding hydrogens is 366 g/mol. The Morgan fingerprint density at radius 1 is 1.37 bits per heavy atom. The lowest BCUT2D eigenvalue weighted by Gasteiger charge is -2.09. The molecule has 3 rings (SSSR count). The van der Waals surface area contributed by atoms with Gasteiger partial charge in [0.05, 0.1) is 11.6 Å². The van der Waals surface area contributed by atoms with E-state index < -0.39 is 0 Å². The lowest BCUT2D eigenvalue weighted by molar-refractivity contribution is -0.119. The molecule has 1 aromatic carbocycles. The maximum atomic E-state index is 11.0. The molecule has 0 saturated heterocycles. The molecule has 7 heteroatoms. The highest BCUT2D eigenvalue weighted by molar-refractivity contribution is 6.32. The van der Waals surface area contributed by atoms with Crippen LogP contribution < -0.4 is 14.8 Å². The molecule has 27 heavy (non-hydrogen) atoms. The van der Waals surface area contributed by atoms with Gasteiger partial charge in [-0.15, -0.1) is 0 Å². The zero-order valence-corrected chi connectivity index (χ0v) is 16.1. The van der Waals surface area contributed by atoms with Crippen LogP contribution in [0.25, 0.3) is 6.08 Å². The molecule has 1 aliphatic rings. The van der Waals surface area contributed by atoms with Crippen molar-refractivity contribution in [1.29, 1.82) is 0 Å². The Bertz CT molecular complexity index is 820. The van der Waals surface area contributed by atoms with E-state index in [0.29, 0.717) is 16.7 Å². The summed E-state index contributed by atoms with van der Waals surface area (Å²) < 4.78 is 11.3. The summed E-state index contributed by atoms with van der Waals surface area (Å²) in [7, 11) is 0. The molecule has 1 amide bonds. The number of nitrogens with zero attached hydrogens (tertiary/aromatic N) is 2. The van der Waals surface area contributed by atoms with Gasteiger partial charge in [-0.25, -0.2) is 9.97 Å². The molecule has 0 bridgehead atoms. The third-order valence-electron chi connectivity index (χ3n) is 3.94. The predicted molar refractivity (Wildman–Crippen MR) is 104 cm³/mol. The topological polar surface area (TPSA) is 73.3 Å². The Hall–Kier alpha value is -2.60. The minimum atomic E-state index is -0.0759. The zero-order valence-electron chi connectivity index (χ0n) is 15.3. The largest absolute Gasteiger partial charge is 0.493 e. The Labute approximate surface area is 163 Å². The van der Waals surface area contributed by atoms with Crippen molar-refractivity contribution in [1.82, 2.24) is 15.3 Å². The molecule has 142 valence electrons. The fourth-order valence-corrected chi connectivity index (χ4v) is 2.55. The van der Waals surface area contributed by atoms with Crippen molar-refractivity contribution < 1.29 is 14.3 Å². The van der Waals surface area contributed by atoms with Crippen molar-refractivity contribution >= 4 is 23.6 Å². The van der Waals surface area contributed by atoms with Gasteiger partial charge in [0.1, 0.15) is 11.5 Å². The summed E-state index contributed by atoms with van der Waals surface area (Å²) in [4.78, 5) is 19.4. The summed E-state index contributed by atoms with van der Waals surface area (Å²) in [6.07, 6.45) is 9.45. The van der Waals surface area contributed by atoms with Crippen molar-refractivity contribution in [3.63, 3.8) is 0 Å². The number of carbonyl (C=O) groups is 1. The van der Waals surface area contributed by atoms with E-state index in [1.54, 1.807) is 24.5 Å². The fourth-order valence-electron chi connectivity index (χ4n) is 2.34. The van der Waals surface area contributed by atoms with Crippen molar-refractivity contribution in [2.75, 3.05) is 6.61 Å². The van der Waals surface area contributed by atoms with Gasteiger partial charge in [-0.3, -0.25) is 4.79 Å². The number of ether oxygens (including phenoxy) is 2. The minimum absolute atomic E-state index is 0.0714. The molecule has 1 N–H and O–H groups in total. The summed E-state index contributed by atoms with van der Waals surface area (Å²) in [5, 5.41) is 3.21. The van der Waals surface area contributed by atoms with Gasteiger partial charge in [0.2, 0.25) is 5.91 Å². The average molecular weight is 388 g/mol. The van der Waals surface area contributed by atoms with Crippen molar-refractivity contribution in [3.05, 3.63) is 47.3 Å². The molecule has 1 aliphatic carbocycles. The molecule has 1 heterocycles. The number of rotatable bonds is 8. The predicted octanol–water partition coefficient (Wildman–Crippen LogP) is 4.25. The van der Waals surface area contributed by atoms with Gasteiger partial charge in [0, 0.05) is 37.0 Å². The number of halogens is 1. The molecular formula is C20H22ClN3O3. The Morgan fingerprint density at radius 2 is 2.11 bits per heavy atom. The van der Waals surface area contributed by atoms with Gasteiger partial charge in [-0.1, -0.05) is 23.8 Å². The van der Waals surface area contributed by atoms with E-state index in [1.165, 1.54) is 19.8 Å². The zero-order chi connectivity index (χ0) is 19.2. The van der Waals surface area contributed by atoms with Gasteiger partial charge >= 0.3 is 6.01 Å². The summed E-state index contributed by atoms with van der Waals surface area (Å²) >= 11 is 6.26. The molecule has 6 nitrogen and oxygen atoms in total. The molecule has 1 aromatic heterocycles. The number of aromatic nitrogens is 2. The average Bonchev–Trinajstić information content (AvgIpc) is 3.45. The first-order valence-corrected chi connectivity index (χ1v) is 9.25. The van der Waals surface area contributed by atoms with Crippen LogP contribution in [0.4, 0.5) is 0 Å². The van der Waals surface area contributed by atoms with Crippen LogP contribution in [0.2, 0.25) is 5.02 Å². The summed E-state index contributed by atoms with van der Waals surface area (Å²) in [6.45, 7) is 4.10. The first-order valence-electron chi connectivity index (χ1n) is 8.87. The minimum Gasteiger partial charge on any atom is -0.493 e. The molecule has 1 atom stereocenters. The van der Waals surface area contributed by atoms with Crippen molar-refractivity contribution in [2.24, 2.45) is 5.92 Å². The van der Waals surface area contributed by atoms with E-state index in [0.717, 1.165) is 17.9 Å². The van der Waals surface area contributed by atoms with E-state index in [4.69, 9.17) is 21.1 Å². The lowest BCUT2D eigenvalue weighted by Crippen LogP contribution is -2.28. The molecule has 0 radical (unpaired) electrons. The van der Waals surface area contributed by atoms with Crippen LogP contribution in [0.15, 0.2) is 36.7 Å². The van der Waals surface area contributed by atoms with E-state index >= 15 is 0 Å². The molecule has 2 aromatic rings. The number of hydrogen-bond acceptors (Lipinski definition) is 5. The van der Waals surface area contributed by atoms with E-state index in [1.807, 2.05) is 25.1 Å². The maximum Gasteiger partial charge on any atom is 0.321 e. The number of nitrogens with one attached hydrogen (secondary N) is 1. The van der Waals surface area contributed by atoms with Crippen LogP contribution in [0.3, 0.4) is 0 Å². The highest BCUT2D eigenvalue weighted by atomic mass is 35.5. The van der Waals surface area contributed by atoms with E-state index in [2.05, 4.69) is 15.3 Å². The van der Waals surface area contributed by atoms with Crippen molar-refractivity contribution in [3.8, 4) is 17.5 Å². The number of amides is 1. The van der Waals surface area contributed by atoms with Gasteiger partial charge in [0.15, 0.2) is 0 Å². The molecule has 0 spiro atoms. The van der Waals surface area contributed by atoms with Crippen molar-refractivity contribution in [2.45, 2.75) is 32.7 Å². The fraction of sp³-hybridized carbons (Fsp3) is 0.350. The normalized spacial score (nSPS) is 14.8. The van der Waals surface area contributed by atoms with Gasteiger partial charge in [-0.05, 0) is 37.8 Å². The molecule has 0 aliphatic heterocycles. The Balaban J connectivity index is 1.57. The van der Waals surface area contributed by atoms with E-state index in [-0.39, 0.29) is 18.0 Å². The maximum absolute atomic E-state index is 11.0. The first-order chi connectivity index (χ1) is 13.0. The van der Waals surface area contributed by atoms with Crippen LogP contribution >= 0.6 is 11.6 Å². The SMILES string of the molecule is CC(=O)N[C@@H](C)C=Cc1cnc(Oc2ccc(OCC3CC3)cc2Cl)nc1. The van der Waals surface area contributed by atoms with Crippen LogP contribution in [0, 0.1) is 5.92 Å². The van der Waals surface area contributed by atoms with Gasteiger partial charge < -0.3 is 14.8 Å². The Morgan fingerprint density at radius 3 is 2.74 bits per heavy atom. The summed E-state index contributed by atoms with van der Waals surface area (Å²) in [5.74, 6) is 1.81. The van der Waals surface area contributed by atoms with Crippen LogP contribution in [-0.2, 0) is 4.79 Å². The van der Waals surface area contributed by atoms with E-state index in [9.17, 15) is 4.79 Å². The highest BCUT2D eigenvalue weighted by Crippen LogP contribution is 2.33. The first kappa shape index (κ1) is 19.2. The number of carbonyl (C=O) groups excluding carboxylic acids is 1. The van der Waals surface area contributed by atoms with Gasteiger partial charge in [-0.2, -0.15) is 0 Å². The number of hydrogen-bond donors (Lipinski definition) is 1. The Kier molecular flexibility index (Phi) is 6.29. The summed E-state index contributed by atoms with van der Waals surface area (Å²) in [6, 6.07) is 5.44. The van der Waals surface area contributed by atoms with Crippen LogP contribution in [0.5, 0.6) is 17.5 Å². The highest BCUT2D eigenvalue weighted by Gasteiger charge is 2.22. The third-order valence-corrected chi connectivity index (χ3v) is 4.24. The molecule has 1 saturated carbocycles. The monoisotopic (exact) mass is 387 g/mol. The molecule has 0 unspecified atom stereocenters. The van der Waals surface area contributed by atoms with Gasteiger partial charge in [0.25, 0.3) is 0 Å². The third kappa shape index (κ3) is 6.25.